The zero-order chi connectivity index (χ0) is 29.9. The zero-order valence-corrected chi connectivity index (χ0v) is 23.8. The van der Waals surface area contributed by atoms with E-state index in [1.54, 1.807) is 18.3 Å². The molecule has 0 spiro atoms. The van der Waals surface area contributed by atoms with E-state index in [-0.39, 0.29) is 5.75 Å². The van der Waals surface area contributed by atoms with Crippen molar-refractivity contribution in [3.63, 3.8) is 0 Å². The highest BCUT2D eigenvalue weighted by atomic mass is 16.3. The molecule has 0 bridgehead atoms. The molecule has 212 valence electrons. The highest BCUT2D eigenvalue weighted by Gasteiger charge is 2.22. The Morgan fingerprint density at radius 3 is 2.27 bits per heavy atom. The molecule has 0 saturated carbocycles. The minimum Gasteiger partial charge on any atom is -0.507 e. The van der Waals surface area contributed by atoms with Gasteiger partial charge in [0.2, 0.25) is 0 Å². The van der Waals surface area contributed by atoms with Gasteiger partial charge in [-0.05, 0) is 65.7 Å². The van der Waals surface area contributed by atoms with Crippen molar-refractivity contribution in [2.45, 2.75) is 0 Å². The Bertz CT molecular complexity index is 2520. The summed E-state index contributed by atoms with van der Waals surface area (Å²) in [5.41, 5.74) is 7.29. The number of furan rings is 1. The maximum Gasteiger partial charge on any atom is 0.180 e. The van der Waals surface area contributed by atoms with Gasteiger partial charge in [0.05, 0.1) is 5.52 Å². The van der Waals surface area contributed by atoms with Crippen LogP contribution in [0.25, 0.3) is 83.7 Å². The molecule has 4 aromatic carbocycles. The second-order valence-electron chi connectivity index (χ2n) is 10.9. The Balaban J connectivity index is 1.38. The lowest BCUT2D eigenvalue weighted by molar-refractivity contribution is 0.477. The van der Waals surface area contributed by atoms with Crippen molar-refractivity contribution in [2.24, 2.45) is 0 Å². The van der Waals surface area contributed by atoms with Crippen molar-refractivity contribution < 1.29 is 9.52 Å². The minimum absolute atomic E-state index is 0.104. The second kappa shape index (κ2) is 9.86. The molecule has 0 aliphatic carbocycles. The topological polar surface area (TPSA) is 89.9 Å². The van der Waals surface area contributed by atoms with Crippen molar-refractivity contribution in [3.05, 3.63) is 134 Å². The smallest absolute Gasteiger partial charge is 0.180 e. The Morgan fingerprint density at radius 1 is 0.622 bits per heavy atom. The maximum atomic E-state index is 10.9. The third-order valence-corrected chi connectivity index (χ3v) is 8.19. The highest BCUT2D eigenvalue weighted by Crippen LogP contribution is 2.39. The van der Waals surface area contributed by atoms with E-state index >= 15 is 0 Å². The summed E-state index contributed by atoms with van der Waals surface area (Å²) in [6, 6.07) is 41.5. The molecular formula is C38H23N5O2. The molecule has 0 aliphatic rings. The standard InChI is InChI=1S/C38H23N5O2/c44-31-18-8-5-14-27(31)34-36-35(28-15-6-9-19-32(28)45-36)42-37(41-34)29-21-24(23-11-2-1-3-12-23)22-33(40-29)43-30-17-7-4-13-25(30)26-16-10-20-39-38(26)43/h1-22,44H. The predicted octanol–water partition coefficient (Wildman–Crippen LogP) is 8.97. The molecule has 0 aliphatic heterocycles. The summed E-state index contributed by atoms with van der Waals surface area (Å²) in [6.07, 6.45) is 1.80. The van der Waals surface area contributed by atoms with Gasteiger partial charge in [-0.25, -0.2) is 19.9 Å². The Morgan fingerprint density at radius 2 is 1.38 bits per heavy atom. The summed E-state index contributed by atoms with van der Waals surface area (Å²) in [5.74, 6) is 1.22. The highest BCUT2D eigenvalue weighted by molar-refractivity contribution is 6.08. The van der Waals surface area contributed by atoms with E-state index in [4.69, 9.17) is 24.4 Å². The van der Waals surface area contributed by atoms with Gasteiger partial charge >= 0.3 is 0 Å². The fourth-order valence-electron chi connectivity index (χ4n) is 6.13. The van der Waals surface area contributed by atoms with Gasteiger partial charge in [-0.15, -0.1) is 0 Å². The summed E-state index contributed by atoms with van der Waals surface area (Å²) in [6.45, 7) is 0. The molecule has 0 radical (unpaired) electrons. The van der Waals surface area contributed by atoms with E-state index in [9.17, 15) is 5.11 Å². The van der Waals surface area contributed by atoms with Gasteiger partial charge in [0, 0.05) is 27.9 Å². The number of pyridine rings is 2. The monoisotopic (exact) mass is 581 g/mol. The normalized spacial score (nSPS) is 11.6. The van der Waals surface area contributed by atoms with Crippen LogP contribution in [0.15, 0.2) is 138 Å². The summed E-state index contributed by atoms with van der Waals surface area (Å²) in [7, 11) is 0. The number of rotatable bonds is 4. The fraction of sp³-hybridized carbons (Fsp3) is 0. The number of nitrogens with zero attached hydrogens (tertiary/aromatic N) is 5. The lowest BCUT2D eigenvalue weighted by Gasteiger charge is -2.13. The molecule has 5 heterocycles. The molecule has 0 saturated heterocycles. The third-order valence-electron chi connectivity index (χ3n) is 8.19. The molecule has 0 amide bonds. The van der Waals surface area contributed by atoms with Crippen molar-refractivity contribution in [2.75, 3.05) is 0 Å². The first kappa shape index (κ1) is 25.2. The van der Waals surface area contributed by atoms with E-state index in [0.29, 0.717) is 45.3 Å². The van der Waals surface area contributed by atoms with E-state index in [0.717, 1.165) is 38.4 Å². The van der Waals surface area contributed by atoms with E-state index in [1.807, 2.05) is 78.9 Å². The van der Waals surface area contributed by atoms with E-state index < -0.39 is 0 Å². The van der Waals surface area contributed by atoms with Gasteiger partial charge in [-0.1, -0.05) is 72.8 Å². The number of benzene rings is 4. The fourth-order valence-corrected chi connectivity index (χ4v) is 6.13. The van der Waals surface area contributed by atoms with Crippen LogP contribution in [0.1, 0.15) is 0 Å². The molecular weight excluding hydrogens is 558 g/mol. The van der Waals surface area contributed by atoms with Crippen LogP contribution in [-0.4, -0.2) is 29.6 Å². The van der Waals surface area contributed by atoms with Gasteiger partial charge in [-0.2, -0.15) is 0 Å². The summed E-state index contributed by atoms with van der Waals surface area (Å²) >= 11 is 0. The Kier molecular flexibility index (Phi) is 5.52. The molecule has 7 heteroatoms. The van der Waals surface area contributed by atoms with Crippen LogP contribution in [0.3, 0.4) is 0 Å². The van der Waals surface area contributed by atoms with E-state index in [1.165, 1.54) is 0 Å². The first-order chi connectivity index (χ1) is 22.2. The van der Waals surface area contributed by atoms with Gasteiger partial charge in [0.1, 0.15) is 39.7 Å². The number of phenols is 1. The number of hydrogen-bond donors (Lipinski definition) is 1. The minimum atomic E-state index is 0.104. The lowest BCUT2D eigenvalue weighted by Crippen LogP contribution is -2.03. The molecule has 0 unspecified atom stereocenters. The van der Waals surface area contributed by atoms with Crippen molar-refractivity contribution >= 4 is 44.0 Å². The quantitative estimate of drug-likeness (QED) is 0.223. The molecule has 9 rings (SSSR count). The van der Waals surface area contributed by atoms with Crippen molar-refractivity contribution in [3.8, 4) is 45.5 Å². The van der Waals surface area contributed by atoms with Crippen LogP contribution in [0.5, 0.6) is 5.75 Å². The first-order valence-electron chi connectivity index (χ1n) is 14.6. The van der Waals surface area contributed by atoms with Gasteiger partial charge in [-0.3, -0.25) is 4.57 Å². The van der Waals surface area contributed by atoms with Crippen LogP contribution in [0, 0.1) is 0 Å². The van der Waals surface area contributed by atoms with Gasteiger partial charge < -0.3 is 9.52 Å². The zero-order valence-electron chi connectivity index (χ0n) is 23.8. The summed E-state index contributed by atoms with van der Waals surface area (Å²) in [5, 5.41) is 13.9. The molecule has 5 aromatic heterocycles. The molecule has 0 fully saturated rings. The Labute approximate surface area is 256 Å². The lowest BCUT2D eigenvalue weighted by atomic mass is 10.0. The SMILES string of the molecule is Oc1ccccc1-c1nc(-c2cc(-c3ccccc3)cc(-n3c4ccccc4c4cccnc43)n2)nc2c1oc1ccccc12. The van der Waals surface area contributed by atoms with Crippen LogP contribution >= 0.6 is 0 Å². The van der Waals surface area contributed by atoms with Crippen LogP contribution in [0.4, 0.5) is 0 Å². The molecule has 7 nitrogen and oxygen atoms in total. The molecule has 0 atom stereocenters. The van der Waals surface area contributed by atoms with Gasteiger partial charge in [0.15, 0.2) is 11.4 Å². The van der Waals surface area contributed by atoms with Crippen molar-refractivity contribution in [1.29, 1.82) is 0 Å². The molecule has 9 aromatic rings. The van der Waals surface area contributed by atoms with Crippen LogP contribution in [0.2, 0.25) is 0 Å². The van der Waals surface area contributed by atoms with Crippen LogP contribution in [-0.2, 0) is 0 Å². The number of aromatic hydroxyl groups is 1. The summed E-state index contributed by atoms with van der Waals surface area (Å²) < 4.78 is 8.38. The average molecular weight is 582 g/mol. The second-order valence-corrected chi connectivity index (χ2v) is 10.9. The number of aromatic nitrogens is 5. The third kappa shape index (κ3) is 3.98. The first-order valence-corrected chi connectivity index (χ1v) is 14.6. The average Bonchev–Trinajstić information content (AvgIpc) is 3.64. The number of hydrogen-bond acceptors (Lipinski definition) is 6. The number of para-hydroxylation sites is 3. The summed E-state index contributed by atoms with van der Waals surface area (Å²) in [4.78, 5) is 20.1. The number of phenolic OH excluding ortho intramolecular Hbond substituents is 1. The van der Waals surface area contributed by atoms with Crippen molar-refractivity contribution in [1.82, 2.24) is 24.5 Å². The van der Waals surface area contributed by atoms with E-state index in [2.05, 4.69) is 41.0 Å². The molecule has 45 heavy (non-hydrogen) atoms. The predicted molar refractivity (Wildman–Crippen MR) is 177 cm³/mol. The Hall–Kier alpha value is -6.34. The van der Waals surface area contributed by atoms with Gasteiger partial charge in [0.25, 0.3) is 0 Å². The maximum absolute atomic E-state index is 10.9. The largest absolute Gasteiger partial charge is 0.507 e. The number of fused-ring (bicyclic) bond motifs is 6. The van der Waals surface area contributed by atoms with Crippen LogP contribution < -0.4 is 0 Å². The molecule has 1 N–H and O–H groups in total.